The summed E-state index contributed by atoms with van der Waals surface area (Å²) >= 11 is 0. The SMILES string of the molecule is COc1ccccc1COc1cc(C)cc2oc(=O)c3c(c12)CCC3. The summed E-state index contributed by atoms with van der Waals surface area (Å²) in [6.07, 6.45) is 2.66. The predicted molar refractivity (Wildman–Crippen MR) is 96.6 cm³/mol. The van der Waals surface area contributed by atoms with Gasteiger partial charge >= 0.3 is 5.63 Å². The van der Waals surface area contributed by atoms with Crippen LogP contribution in [0.15, 0.2) is 45.6 Å². The van der Waals surface area contributed by atoms with Crippen LogP contribution in [0.5, 0.6) is 11.5 Å². The van der Waals surface area contributed by atoms with Gasteiger partial charge in [-0.3, -0.25) is 0 Å². The van der Waals surface area contributed by atoms with Gasteiger partial charge in [0, 0.05) is 11.1 Å². The molecular weight excluding hydrogens is 316 g/mol. The standard InChI is InChI=1S/C21H20O4/c1-13-10-18(24-12-14-6-3-4-9-17(14)23-2)20-15-7-5-8-16(15)21(22)25-19(20)11-13/h3-4,6,9-11H,5,7-8,12H2,1-2H3. The molecule has 0 radical (unpaired) electrons. The summed E-state index contributed by atoms with van der Waals surface area (Å²) in [5, 5.41) is 0.938. The summed E-state index contributed by atoms with van der Waals surface area (Å²) in [6.45, 7) is 2.37. The molecule has 1 heterocycles. The van der Waals surface area contributed by atoms with E-state index in [1.807, 2.05) is 43.3 Å². The number of fused-ring (bicyclic) bond motifs is 3. The maximum atomic E-state index is 12.2. The molecule has 2 aromatic carbocycles. The molecular formula is C21H20O4. The molecule has 0 N–H and O–H groups in total. The molecule has 0 unspecified atom stereocenters. The van der Waals surface area contributed by atoms with Crippen molar-refractivity contribution in [2.75, 3.05) is 7.11 Å². The molecule has 0 aliphatic heterocycles. The lowest BCUT2D eigenvalue weighted by Gasteiger charge is -2.14. The second-order valence-electron chi connectivity index (χ2n) is 6.44. The number of hydrogen-bond donors (Lipinski definition) is 0. The molecule has 0 fully saturated rings. The molecule has 0 amide bonds. The van der Waals surface area contributed by atoms with E-state index in [4.69, 9.17) is 13.9 Å². The Labute approximate surface area is 146 Å². The lowest BCUT2D eigenvalue weighted by atomic mass is 10.0. The van der Waals surface area contributed by atoms with E-state index in [0.29, 0.717) is 12.2 Å². The first-order valence-electron chi connectivity index (χ1n) is 8.51. The minimum absolute atomic E-state index is 0.207. The monoisotopic (exact) mass is 336 g/mol. The first-order valence-corrected chi connectivity index (χ1v) is 8.51. The van der Waals surface area contributed by atoms with Crippen molar-refractivity contribution in [3.63, 3.8) is 0 Å². The van der Waals surface area contributed by atoms with Crippen molar-refractivity contribution in [3.8, 4) is 11.5 Å². The van der Waals surface area contributed by atoms with E-state index in [0.717, 1.165) is 58.4 Å². The van der Waals surface area contributed by atoms with Gasteiger partial charge in [-0.05, 0) is 55.5 Å². The maximum Gasteiger partial charge on any atom is 0.339 e. The summed E-state index contributed by atoms with van der Waals surface area (Å²) in [7, 11) is 1.66. The van der Waals surface area contributed by atoms with Gasteiger partial charge in [-0.25, -0.2) is 4.79 Å². The van der Waals surface area contributed by atoms with E-state index in [9.17, 15) is 4.79 Å². The molecule has 4 rings (SSSR count). The smallest absolute Gasteiger partial charge is 0.339 e. The van der Waals surface area contributed by atoms with Crippen LogP contribution >= 0.6 is 0 Å². The third-order valence-corrected chi connectivity index (χ3v) is 4.75. The van der Waals surface area contributed by atoms with Crippen molar-refractivity contribution in [3.05, 3.63) is 69.1 Å². The first-order chi connectivity index (χ1) is 12.2. The van der Waals surface area contributed by atoms with Gasteiger partial charge in [0.25, 0.3) is 0 Å². The number of aryl methyl sites for hydroxylation is 2. The molecule has 0 atom stereocenters. The topological polar surface area (TPSA) is 48.7 Å². The molecule has 0 saturated heterocycles. The Morgan fingerprint density at radius 1 is 1.08 bits per heavy atom. The van der Waals surface area contributed by atoms with Crippen LogP contribution in [-0.2, 0) is 19.4 Å². The van der Waals surface area contributed by atoms with E-state index in [-0.39, 0.29) is 5.63 Å². The first kappa shape index (κ1) is 15.8. The van der Waals surface area contributed by atoms with E-state index >= 15 is 0 Å². The predicted octanol–water partition coefficient (Wildman–Crippen LogP) is 4.18. The number of methoxy groups -OCH3 is 1. The van der Waals surface area contributed by atoms with Crippen LogP contribution in [0.25, 0.3) is 11.0 Å². The summed E-state index contributed by atoms with van der Waals surface area (Å²) in [5.74, 6) is 1.57. The second kappa shape index (κ2) is 6.28. The second-order valence-corrected chi connectivity index (χ2v) is 6.44. The lowest BCUT2D eigenvalue weighted by molar-refractivity contribution is 0.299. The number of para-hydroxylation sites is 1. The molecule has 1 aromatic heterocycles. The zero-order valence-electron chi connectivity index (χ0n) is 14.4. The Morgan fingerprint density at radius 3 is 2.72 bits per heavy atom. The van der Waals surface area contributed by atoms with Gasteiger partial charge in [-0.15, -0.1) is 0 Å². The summed E-state index contributed by atoms with van der Waals surface area (Å²) in [5.41, 5.74) is 4.28. The van der Waals surface area contributed by atoms with Gasteiger partial charge < -0.3 is 13.9 Å². The highest BCUT2D eigenvalue weighted by molar-refractivity contribution is 5.88. The van der Waals surface area contributed by atoms with E-state index in [2.05, 4.69) is 0 Å². The molecule has 128 valence electrons. The molecule has 1 aliphatic rings. The molecule has 0 spiro atoms. The van der Waals surface area contributed by atoms with Gasteiger partial charge in [0.05, 0.1) is 12.5 Å². The fourth-order valence-electron chi connectivity index (χ4n) is 3.60. The highest BCUT2D eigenvalue weighted by atomic mass is 16.5. The van der Waals surface area contributed by atoms with Crippen molar-refractivity contribution in [1.82, 2.24) is 0 Å². The Balaban J connectivity index is 1.79. The fraction of sp³-hybridized carbons (Fsp3) is 0.286. The minimum atomic E-state index is -0.207. The van der Waals surface area contributed by atoms with Crippen LogP contribution in [0.4, 0.5) is 0 Å². The maximum absolute atomic E-state index is 12.2. The molecule has 0 bridgehead atoms. The molecule has 4 nitrogen and oxygen atoms in total. The molecule has 25 heavy (non-hydrogen) atoms. The molecule has 1 aliphatic carbocycles. The highest BCUT2D eigenvalue weighted by Crippen LogP contribution is 2.35. The van der Waals surface area contributed by atoms with E-state index in [1.54, 1.807) is 7.11 Å². The van der Waals surface area contributed by atoms with Crippen molar-refractivity contribution in [2.45, 2.75) is 32.8 Å². The Morgan fingerprint density at radius 2 is 1.88 bits per heavy atom. The van der Waals surface area contributed by atoms with Crippen molar-refractivity contribution < 1.29 is 13.9 Å². The summed E-state index contributed by atoms with van der Waals surface area (Å²) < 4.78 is 17.1. The molecule has 3 aromatic rings. The van der Waals surface area contributed by atoms with E-state index in [1.165, 1.54) is 0 Å². The quantitative estimate of drug-likeness (QED) is 0.671. The zero-order valence-corrected chi connectivity index (χ0v) is 14.4. The number of benzene rings is 2. The Kier molecular flexibility index (Phi) is 3.96. The number of ether oxygens (including phenoxy) is 2. The van der Waals surface area contributed by atoms with Crippen LogP contribution in [0.1, 0.15) is 28.7 Å². The van der Waals surface area contributed by atoms with Crippen LogP contribution in [-0.4, -0.2) is 7.11 Å². The third kappa shape index (κ3) is 2.78. The van der Waals surface area contributed by atoms with Crippen LogP contribution in [0.3, 0.4) is 0 Å². The van der Waals surface area contributed by atoms with Gasteiger partial charge in [0.2, 0.25) is 0 Å². The van der Waals surface area contributed by atoms with Crippen molar-refractivity contribution >= 4 is 11.0 Å². The van der Waals surface area contributed by atoms with Crippen molar-refractivity contribution in [1.29, 1.82) is 0 Å². The Hall–Kier alpha value is -2.75. The fourth-order valence-corrected chi connectivity index (χ4v) is 3.60. The third-order valence-electron chi connectivity index (χ3n) is 4.75. The average Bonchev–Trinajstić information content (AvgIpc) is 3.10. The average molecular weight is 336 g/mol. The van der Waals surface area contributed by atoms with Crippen LogP contribution < -0.4 is 15.1 Å². The molecule has 4 heteroatoms. The number of rotatable bonds is 4. The van der Waals surface area contributed by atoms with Gasteiger partial charge in [0.1, 0.15) is 23.7 Å². The van der Waals surface area contributed by atoms with Gasteiger partial charge in [-0.2, -0.15) is 0 Å². The van der Waals surface area contributed by atoms with E-state index < -0.39 is 0 Å². The highest BCUT2D eigenvalue weighted by Gasteiger charge is 2.22. The largest absolute Gasteiger partial charge is 0.496 e. The molecule has 0 saturated carbocycles. The summed E-state index contributed by atoms with van der Waals surface area (Å²) in [4.78, 5) is 12.2. The van der Waals surface area contributed by atoms with Gasteiger partial charge in [0.15, 0.2) is 0 Å². The lowest BCUT2D eigenvalue weighted by Crippen LogP contribution is -2.08. The van der Waals surface area contributed by atoms with Crippen LogP contribution in [0.2, 0.25) is 0 Å². The van der Waals surface area contributed by atoms with Gasteiger partial charge in [-0.1, -0.05) is 18.2 Å². The minimum Gasteiger partial charge on any atom is -0.496 e. The van der Waals surface area contributed by atoms with Crippen molar-refractivity contribution in [2.24, 2.45) is 0 Å². The number of hydrogen-bond acceptors (Lipinski definition) is 4. The summed E-state index contributed by atoms with van der Waals surface area (Å²) in [6, 6.07) is 11.7. The Bertz CT molecular complexity index is 1000. The normalized spacial score (nSPS) is 13.0. The van der Waals surface area contributed by atoms with Crippen LogP contribution in [0, 0.1) is 6.92 Å². The zero-order chi connectivity index (χ0) is 17.4.